The Balaban J connectivity index is 1.79. The van der Waals surface area contributed by atoms with Crippen LogP contribution in [0.4, 0.5) is 22.2 Å². The van der Waals surface area contributed by atoms with Crippen molar-refractivity contribution in [1.29, 1.82) is 5.26 Å². The standard InChI is InChI=1S/C29H40N8O3Si/c1-27(2,3)40-26(38)37-16-29(7,17-39-41(9,10)28(4,5)6)21-14-19(13-20(15-30)23(21)37)24-31-18-32-25(34-24)33-22-11-12-36(8)35-22/h11-14,18H,16-17H2,1-10H3,(H,31,32,33,34,35). The van der Waals surface area contributed by atoms with E-state index in [9.17, 15) is 10.1 Å². The number of aryl methyl sites for hydroxylation is 1. The van der Waals surface area contributed by atoms with E-state index in [1.807, 2.05) is 46.1 Å². The topological polar surface area (TPSA) is 131 Å². The van der Waals surface area contributed by atoms with Crippen LogP contribution in [0.2, 0.25) is 18.1 Å². The Kier molecular flexibility index (Phi) is 7.75. The summed E-state index contributed by atoms with van der Waals surface area (Å²) in [4.78, 5) is 28.2. The number of fused-ring (bicyclic) bond motifs is 1. The minimum absolute atomic E-state index is 0.0111. The molecule has 0 saturated carbocycles. The number of nitrogens with zero attached hydrogens (tertiary/aromatic N) is 7. The van der Waals surface area contributed by atoms with Crippen LogP contribution in [0.3, 0.4) is 0 Å². The van der Waals surface area contributed by atoms with Gasteiger partial charge in [-0.05, 0) is 56.6 Å². The van der Waals surface area contributed by atoms with E-state index in [1.165, 1.54) is 6.33 Å². The Morgan fingerprint density at radius 3 is 2.49 bits per heavy atom. The maximum absolute atomic E-state index is 13.4. The van der Waals surface area contributed by atoms with Crippen molar-refractivity contribution in [1.82, 2.24) is 24.7 Å². The van der Waals surface area contributed by atoms with Gasteiger partial charge in [-0.25, -0.2) is 14.8 Å². The van der Waals surface area contributed by atoms with Gasteiger partial charge in [0.05, 0.1) is 11.3 Å². The molecule has 2 aromatic heterocycles. The number of ether oxygens (including phenoxy) is 1. The number of hydrogen-bond donors (Lipinski definition) is 1. The van der Waals surface area contributed by atoms with E-state index in [0.29, 0.717) is 47.6 Å². The molecule has 0 radical (unpaired) electrons. The van der Waals surface area contributed by atoms with Gasteiger partial charge >= 0.3 is 6.09 Å². The zero-order valence-corrected chi connectivity index (χ0v) is 26.7. The third-order valence-electron chi connectivity index (χ3n) is 7.61. The van der Waals surface area contributed by atoms with Crippen molar-refractivity contribution < 1.29 is 14.0 Å². The zero-order chi connectivity index (χ0) is 30.4. The third kappa shape index (κ3) is 6.41. The third-order valence-corrected chi connectivity index (χ3v) is 12.1. The maximum atomic E-state index is 13.4. The van der Waals surface area contributed by atoms with Gasteiger partial charge in [0.15, 0.2) is 20.0 Å². The molecule has 1 amide bonds. The van der Waals surface area contributed by atoms with Crippen LogP contribution >= 0.6 is 0 Å². The van der Waals surface area contributed by atoms with Gasteiger partial charge in [0.2, 0.25) is 5.95 Å². The minimum Gasteiger partial charge on any atom is -0.443 e. The molecule has 0 aliphatic carbocycles. The summed E-state index contributed by atoms with van der Waals surface area (Å²) in [7, 11) is -0.295. The first kappa shape index (κ1) is 30.1. The van der Waals surface area contributed by atoms with Crippen LogP contribution in [-0.2, 0) is 21.6 Å². The number of aromatic nitrogens is 5. The maximum Gasteiger partial charge on any atom is 0.414 e. The van der Waals surface area contributed by atoms with Gasteiger partial charge in [0, 0.05) is 43.4 Å². The van der Waals surface area contributed by atoms with Crippen molar-refractivity contribution in [3.05, 3.63) is 41.9 Å². The predicted molar refractivity (Wildman–Crippen MR) is 161 cm³/mol. The SMILES string of the molecule is Cn1ccc(Nc2ncnc(-c3cc(C#N)c4c(c3)C(C)(CO[Si](C)(C)C(C)(C)C)CN4C(=O)OC(C)(C)C)n2)n1. The van der Waals surface area contributed by atoms with E-state index >= 15 is 0 Å². The molecule has 1 aromatic carbocycles. The summed E-state index contributed by atoms with van der Waals surface area (Å²) >= 11 is 0. The number of carbonyl (C=O) groups excluding carboxylic acids is 1. The van der Waals surface area contributed by atoms with E-state index in [2.05, 4.69) is 72.2 Å². The highest BCUT2D eigenvalue weighted by Crippen LogP contribution is 2.47. The highest BCUT2D eigenvalue weighted by Gasteiger charge is 2.47. The Morgan fingerprint density at radius 2 is 1.90 bits per heavy atom. The van der Waals surface area contributed by atoms with Crippen molar-refractivity contribution in [2.24, 2.45) is 7.05 Å². The molecule has 0 spiro atoms. The summed E-state index contributed by atoms with van der Waals surface area (Å²) in [6.45, 7) is 19.2. The van der Waals surface area contributed by atoms with Crippen LogP contribution in [-0.4, -0.2) is 57.9 Å². The van der Waals surface area contributed by atoms with Crippen LogP contribution in [0, 0.1) is 11.3 Å². The lowest BCUT2D eigenvalue weighted by molar-refractivity contribution is 0.0575. The van der Waals surface area contributed by atoms with Gasteiger partial charge in [-0.3, -0.25) is 9.58 Å². The second-order valence-electron chi connectivity index (χ2n) is 13.3. The van der Waals surface area contributed by atoms with Crippen molar-refractivity contribution in [2.75, 3.05) is 23.4 Å². The largest absolute Gasteiger partial charge is 0.443 e. The second-order valence-corrected chi connectivity index (χ2v) is 18.1. The molecule has 3 aromatic rings. The first-order valence-electron chi connectivity index (χ1n) is 13.6. The Labute approximate surface area is 243 Å². The average Bonchev–Trinajstić information content (AvgIpc) is 3.41. The van der Waals surface area contributed by atoms with E-state index in [-0.39, 0.29) is 5.04 Å². The number of nitriles is 1. The van der Waals surface area contributed by atoms with Crippen LogP contribution in [0.5, 0.6) is 0 Å². The molecule has 1 unspecified atom stereocenters. The smallest absolute Gasteiger partial charge is 0.414 e. The number of carbonyl (C=O) groups is 1. The van der Waals surface area contributed by atoms with E-state index in [4.69, 9.17) is 9.16 Å². The van der Waals surface area contributed by atoms with Crippen LogP contribution in [0.1, 0.15) is 59.6 Å². The van der Waals surface area contributed by atoms with E-state index < -0.39 is 25.4 Å². The monoisotopic (exact) mass is 576 g/mol. The predicted octanol–water partition coefficient (Wildman–Crippen LogP) is 5.92. The van der Waals surface area contributed by atoms with Crippen molar-refractivity contribution in [2.45, 2.75) is 77.6 Å². The molecule has 0 bridgehead atoms. The molecule has 3 heterocycles. The van der Waals surface area contributed by atoms with Gasteiger partial charge in [-0.15, -0.1) is 0 Å². The second kappa shape index (κ2) is 10.5. The fourth-order valence-corrected chi connectivity index (χ4v) is 5.47. The lowest BCUT2D eigenvalue weighted by Gasteiger charge is -2.39. The zero-order valence-electron chi connectivity index (χ0n) is 25.7. The summed E-state index contributed by atoms with van der Waals surface area (Å²) in [6, 6.07) is 7.77. The highest BCUT2D eigenvalue weighted by atomic mass is 28.4. The van der Waals surface area contributed by atoms with Gasteiger partial charge in [-0.1, -0.05) is 27.7 Å². The molecule has 11 nitrogen and oxygen atoms in total. The lowest BCUT2D eigenvalue weighted by atomic mass is 9.83. The van der Waals surface area contributed by atoms with Crippen LogP contribution in [0.25, 0.3) is 11.4 Å². The number of amides is 1. The first-order valence-corrected chi connectivity index (χ1v) is 16.5. The number of nitrogens with one attached hydrogen (secondary N) is 1. The summed E-state index contributed by atoms with van der Waals surface area (Å²) in [5.41, 5.74) is 1.02. The quantitative estimate of drug-likeness (QED) is 0.355. The summed E-state index contributed by atoms with van der Waals surface area (Å²) in [5, 5.41) is 17.7. The van der Waals surface area contributed by atoms with Crippen molar-refractivity contribution in [3.8, 4) is 17.5 Å². The first-order chi connectivity index (χ1) is 18.9. The van der Waals surface area contributed by atoms with Crippen LogP contribution < -0.4 is 10.2 Å². The molecule has 12 heteroatoms. The molecule has 41 heavy (non-hydrogen) atoms. The molecule has 1 aliphatic heterocycles. The number of benzene rings is 1. The lowest BCUT2D eigenvalue weighted by Crippen LogP contribution is -2.46. The van der Waals surface area contributed by atoms with E-state index in [1.54, 1.807) is 15.6 Å². The highest BCUT2D eigenvalue weighted by molar-refractivity contribution is 6.74. The molecular weight excluding hydrogens is 536 g/mol. The fourth-order valence-electron chi connectivity index (χ4n) is 4.36. The molecule has 1 aliphatic rings. The molecule has 0 fully saturated rings. The molecule has 1 atom stereocenters. The number of hydrogen-bond acceptors (Lipinski definition) is 9. The van der Waals surface area contributed by atoms with E-state index in [0.717, 1.165) is 5.56 Å². The average molecular weight is 577 g/mol. The van der Waals surface area contributed by atoms with Crippen molar-refractivity contribution >= 4 is 31.9 Å². The Morgan fingerprint density at radius 1 is 1.20 bits per heavy atom. The minimum atomic E-state index is -2.12. The number of rotatable bonds is 6. The molecule has 0 saturated heterocycles. The van der Waals surface area contributed by atoms with Crippen LogP contribution in [0.15, 0.2) is 30.7 Å². The molecule has 218 valence electrons. The van der Waals surface area contributed by atoms with Crippen molar-refractivity contribution in [3.63, 3.8) is 0 Å². The Hall–Kier alpha value is -3.82. The summed E-state index contributed by atoms with van der Waals surface area (Å²) in [5.74, 6) is 1.31. The van der Waals surface area contributed by atoms with Gasteiger partial charge in [-0.2, -0.15) is 15.3 Å². The normalized spacial score (nSPS) is 17.2. The Bertz CT molecular complexity index is 1500. The van der Waals surface area contributed by atoms with Gasteiger partial charge in [0.1, 0.15) is 18.0 Å². The van der Waals surface area contributed by atoms with Gasteiger partial charge in [0.25, 0.3) is 0 Å². The molecule has 4 rings (SSSR count). The summed E-state index contributed by atoms with van der Waals surface area (Å²) < 4.78 is 14.1. The van der Waals surface area contributed by atoms with Gasteiger partial charge < -0.3 is 14.5 Å². The molecule has 1 N–H and O–H groups in total. The number of anilines is 3. The fraction of sp³-hybridized carbons (Fsp3) is 0.517. The molecular formula is C29H40N8O3Si. The summed E-state index contributed by atoms with van der Waals surface area (Å²) in [6.07, 6.45) is 2.73.